The van der Waals surface area contributed by atoms with Gasteiger partial charge in [0.2, 0.25) is 5.91 Å². The van der Waals surface area contributed by atoms with Crippen molar-refractivity contribution in [2.45, 2.75) is 50.0 Å². The topological polar surface area (TPSA) is 57.6 Å². The third kappa shape index (κ3) is 2.60. The van der Waals surface area contributed by atoms with Crippen LogP contribution in [0.4, 0.5) is 8.78 Å². The van der Waals surface area contributed by atoms with Gasteiger partial charge in [0.05, 0.1) is 11.8 Å². The molecule has 1 N–H and O–H groups in total. The fourth-order valence-electron chi connectivity index (χ4n) is 3.85. The van der Waals surface area contributed by atoms with Crippen LogP contribution >= 0.6 is 0 Å². The van der Waals surface area contributed by atoms with Gasteiger partial charge in [-0.2, -0.15) is 0 Å². The Morgan fingerprint density at radius 3 is 2.39 bits per heavy atom. The number of halogens is 2. The van der Waals surface area contributed by atoms with Gasteiger partial charge in [0.15, 0.2) is 0 Å². The Morgan fingerprint density at radius 2 is 1.87 bits per heavy atom. The predicted octanol–water partition coefficient (Wildman–Crippen LogP) is 2.85. The highest BCUT2D eigenvalue weighted by atomic mass is 19.1. The van der Waals surface area contributed by atoms with Crippen LogP contribution in [0, 0.1) is 11.6 Å². The van der Waals surface area contributed by atoms with Crippen LogP contribution < -0.4 is 0 Å². The summed E-state index contributed by atoms with van der Waals surface area (Å²) < 4.78 is 28.4. The average molecular weight is 323 g/mol. The Kier molecular flexibility index (Phi) is 4.08. The molecule has 1 aromatic rings. The number of carbonyl (C=O) groups is 2. The van der Waals surface area contributed by atoms with E-state index in [2.05, 4.69) is 0 Å². The van der Waals surface area contributed by atoms with Crippen molar-refractivity contribution in [2.24, 2.45) is 0 Å². The number of carboxylic acid groups (broad SMARTS) is 1. The second-order valence-electron chi connectivity index (χ2n) is 6.42. The zero-order chi connectivity index (χ0) is 16.6. The summed E-state index contributed by atoms with van der Waals surface area (Å²) in [5, 5.41) is 8.99. The van der Waals surface area contributed by atoms with E-state index in [1.54, 1.807) is 0 Å². The number of rotatable bonds is 4. The van der Waals surface area contributed by atoms with Gasteiger partial charge in [0.1, 0.15) is 11.6 Å². The first-order chi connectivity index (χ1) is 11.0. The van der Waals surface area contributed by atoms with Gasteiger partial charge in [-0.25, -0.2) is 8.78 Å². The van der Waals surface area contributed by atoms with Crippen molar-refractivity contribution in [1.82, 2.24) is 4.90 Å². The minimum absolute atomic E-state index is 0.123. The Balaban J connectivity index is 1.94. The zero-order valence-electron chi connectivity index (χ0n) is 12.7. The van der Waals surface area contributed by atoms with E-state index in [4.69, 9.17) is 5.11 Å². The van der Waals surface area contributed by atoms with E-state index in [1.165, 1.54) is 23.1 Å². The number of hydrogen-bond acceptors (Lipinski definition) is 2. The molecule has 1 atom stereocenters. The van der Waals surface area contributed by atoms with Crippen molar-refractivity contribution >= 4 is 11.9 Å². The number of benzene rings is 1. The normalized spacial score (nSPS) is 22.7. The minimum Gasteiger partial charge on any atom is -0.481 e. The summed E-state index contributed by atoms with van der Waals surface area (Å²) >= 11 is 0. The largest absolute Gasteiger partial charge is 0.481 e. The van der Waals surface area contributed by atoms with Crippen LogP contribution in [0.2, 0.25) is 0 Å². The Hall–Kier alpha value is -1.98. The molecule has 124 valence electrons. The lowest BCUT2D eigenvalue weighted by Gasteiger charge is -2.44. The number of aliphatic carboxylic acids is 1. The Labute approximate surface area is 133 Å². The van der Waals surface area contributed by atoms with Gasteiger partial charge in [0.25, 0.3) is 0 Å². The molecule has 1 heterocycles. The number of amides is 1. The van der Waals surface area contributed by atoms with Crippen molar-refractivity contribution < 1.29 is 23.5 Å². The molecule has 1 saturated carbocycles. The van der Waals surface area contributed by atoms with E-state index >= 15 is 0 Å². The third-order valence-corrected chi connectivity index (χ3v) is 5.11. The molecule has 1 unspecified atom stereocenters. The molecular weight excluding hydrogens is 304 g/mol. The molecule has 6 heteroatoms. The quantitative estimate of drug-likeness (QED) is 0.927. The van der Waals surface area contributed by atoms with Crippen molar-refractivity contribution in [3.63, 3.8) is 0 Å². The second kappa shape index (κ2) is 5.91. The maximum Gasteiger partial charge on any atom is 0.305 e. The molecule has 0 bridgehead atoms. The zero-order valence-corrected chi connectivity index (χ0v) is 12.7. The SMILES string of the molecule is O=C(O)CC1CCCN1C(=O)C1(c2c(F)cccc2F)CCC1. The van der Waals surface area contributed by atoms with Crippen LogP contribution in [0.25, 0.3) is 0 Å². The first-order valence-electron chi connectivity index (χ1n) is 7.93. The van der Waals surface area contributed by atoms with Gasteiger partial charge in [-0.1, -0.05) is 12.5 Å². The van der Waals surface area contributed by atoms with E-state index in [0.717, 1.165) is 12.8 Å². The van der Waals surface area contributed by atoms with Crippen LogP contribution in [0.3, 0.4) is 0 Å². The van der Waals surface area contributed by atoms with Crippen LogP contribution in [0.1, 0.15) is 44.1 Å². The van der Waals surface area contributed by atoms with Crippen LogP contribution in [-0.2, 0) is 15.0 Å². The van der Waals surface area contributed by atoms with Crippen molar-refractivity contribution in [3.8, 4) is 0 Å². The van der Waals surface area contributed by atoms with E-state index in [-0.39, 0.29) is 23.9 Å². The number of carboxylic acids is 1. The third-order valence-electron chi connectivity index (χ3n) is 5.11. The summed E-state index contributed by atoms with van der Waals surface area (Å²) in [6.07, 6.45) is 2.76. The van der Waals surface area contributed by atoms with Gasteiger partial charge in [-0.15, -0.1) is 0 Å². The highest BCUT2D eigenvalue weighted by Gasteiger charge is 2.52. The van der Waals surface area contributed by atoms with E-state index < -0.39 is 23.0 Å². The summed E-state index contributed by atoms with van der Waals surface area (Å²) in [4.78, 5) is 25.5. The lowest BCUT2D eigenvalue weighted by molar-refractivity contribution is -0.144. The van der Waals surface area contributed by atoms with Gasteiger partial charge < -0.3 is 10.0 Å². The second-order valence-corrected chi connectivity index (χ2v) is 6.42. The van der Waals surface area contributed by atoms with E-state index in [1.807, 2.05) is 0 Å². The van der Waals surface area contributed by atoms with Crippen molar-refractivity contribution in [2.75, 3.05) is 6.54 Å². The molecule has 0 aromatic heterocycles. The lowest BCUT2D eigenvalue weighted by atomic mass is 9.63. The standard InChI is InChI=1S/C17H19F2NO3/c18-12-5-1-6-13(19)15(12)17(7-3-8-17)16(23)20-9-2-4-11(20)10-14(21)22/h1,5-6,11H,2-4,7-10H2,(H,21,22). The molecule has 1 saturated heterocycles. The molecule has 1 aliphatic carbocycles. The first-order valence-corrected chi connectivity index (χ1v) is 7.93. The molecule has 3 rings (SSSR count). The molecule has 0 spiro atoms. The Morgan fingerprint density at radius 1 is 1.22 bits per heavy atom. The highest BCUT2D eigenvalue weighted by Crippen LogP contribution is 2.48. The van der Waals surface area contributed by atoms with Crippen LogP contribution in [-0.4, -0.2) is 34.5 Å². The monoisotopic (exact) mass is 323 g/mol. The number of carbonyl (C=O) groups excluding carboxylic acids is 1. The maximum atomic E-state index is 14.2. The highest BCUT2D eigenvalue weighted by molar-refractivity contribution is 5.90. The molecule has 1 aromatic carbocycles. The fraction of sp³-hybridized carbons (Fsp3) is 0.529. The number of likely N-dealkylation sites (tertiary alicyclic amines) is 1. The smallest absolute Gasteiger partial charge is 0.305 e. The minimum atomic E-state index is -1.17. The molecule has 1 amide bonds. The van der Waals surface area contributed by atoms with Crippen molar-refractivity contribution in [1.29, 1.82) is 0 Å². The summed E-state index contributed by atoms with van der Waals surface area (Å²) in [5.41, 5.74) is -1.33. The molecule has 1 aliphatic heterocycles. The number of hydrogen-bond donors (Lipinski definition) is 1. The van der Waals surface area contributed by atoms with E-state index in [0.29, 0.717) is 25.8 Å². The van der Waals surface area contributed by atoms with E-state index in [9.17, 15) is 18.4 Å². The molecule has 2 fully saturated rings. The summed E-state index contributed by atoms with van der Waals surface area (Å²) in [6, 6.07) is 3.25. The molecule has 2 aliphatic rings. The molecule has 4 nitrogen and oxygen atoms in total. The maximum absolute atomic E-state index is 14.2. The first kappa shape index (κ1) is 15.9. The van der Waals surface area contributed by atoms with Gasteiger partial charge in [0, 0.05) is 18.2 Å². The average Bonchev–Trinajstić information content (AvgIpc) is 2.87. The summed E-state index contributed by atoms with van der Waals surface area (Å²) in [6.45, 7) is 0.453. The van der Waals surface area contributed by atoms with Gasteiger partial charge in [-0.3, -0.25) is 9.59 Å². The summed E-state index contributed by atoms with van der Waals surface area (Å²) in [7, 11) is 0. The van der Waals surface area contributed by atoms with Crippen LogP contribution in [0.15, 0.2) is 18.2 Å². The summed E-state index contributed by atoms with van der Waals surface area (Å²) in [5.74, 6) is -2.69. The molecular formula is C17H19F2NO3. The predicted molar refractivity (Wildman–Crippen MR) is 78.9 cm³/mol. The van der Waals surface area contributed by atoms with Crippen molar-refractivity contribution in [3.05, 3.63) is 35.4 Å². The Bertz CT molecular complexity index is 622. The lowest BCUT2D eigenvalue weighted by Crippen LogP contribution is -2.53. The molecule has 0 radical (unpaired) electrons. The van der Waals surface area contributed by atoms with Crippen LogP contribution in [0.5, 0.6) is 0 Å². The number of nitrogens with zero attached hydrogens (tertiary/aromatic N) is 1. The molecule has 23 heavy (non-hydrogen) atoms. The van der Waals surface area contributed by atoms with Gasteiger partial charge in [-0.05, 0) is 37.8 Å². The van der Waals surface area contributed by atoms with Gasteiger partial charge >= 0.3 is 5.97 Å². The fourth-order valence-corrected chi connectivity index (χ4v) is 3.85.